The van der Waals surface area contributed by atoms with Crippen LogP contribution < -0.4 is 4.74 Å². The van der Waals surface area contributed by atoms with Crippen molar-refractivity contribution in [1.82, 2.24) is 4.31 Å². The average Bonchev–Trinajstić information content (AvgIpc) is 2.77. The number of carbonyl (C=O) groups excluding carboxylic acids is 2. The quantitative estimate of drug-likeness (QED) is 0.472. The molecule has 0 aliphatic carbocycles. The minimum Gasteiger partial charge on any atom is -0.482 e. The summed E-state index contributed by atoms with van der Waals surface area (Å²) in [4.78, 5) is 24.0. The summed E-state index contributed by atoms with van der Waals surface area (Å²) in [5.74, 6) is -0.588. The SMILES string of the molecule is O=C(COc1ccccc1)OCC(=O)c1ccc(S(=O)(=O)N2CCOCC2)cc1. The largest absolute Gasteiger partial charge is 0.482 e. The molecule has 0 N–H and O–H groups in total. The van der Waals surface area contributed by atoms with Crippen LogP contribution in [0.1, 0.15) is 10.4 Å². The van der Waals surface area contributed by atoms with E-state index in [4.69, 9.17) is 14.2 Å². The van der Waals surface area contributed by atoms with E-state index in [0.717, 1.165) is 0 Å². The summed E-state index contributed by atoms with van der Waals surface area (Å²) in [7, 11) is -3.62. The van der Waals surface area contributed by atoms with Crippen molar-refractivity contribution in [3.05, 3.63) is 60.2 Å². The highest BCUT2D eigenvalue weighted by Gasteiger charge is 2.26. The molecule has 1 saturated heterocycles. The van der Waals surface area contributed by atoms with Gasteiger partial charge >= 0.3 is 5.97 Å². The lowest BCUT2D eigenvalue weighted by molar-refractivity contribution is -0.144. The third-order valence-corrected chi connectivity index (χ3v) is 6.16. The summed E-state index contributed by atoms with van der Waals surface area (Å²) in [6, 6.07) is 14.3. The fourth-order valence-electron chi connectivity index (χ4n) is 2.68. The molecular weight excluding hydrogens is 398 g/mol. The molecule has 2 aromatic rings. The number of rotatable bonds is 8. The van der Waals surface area contributed by atoms with Crippen molar-refractivity contribution in [2.45, 2.75) is 4.90 Å². The zero-order valence-electron chi connectivity index (χ0n) is 15.7. The van der Waals surface area contributed by atoms with Crippen LogP contribution in [0.25, 0.3) is 0 Å². The predicted molar refractivity (Wildman–Crippen MR) is 103 cm³/mol. The van der Waals surface area contributed by atoms with Gasteiger partial charge in [-0.1, -0.05) is 18.2 Å². The molecule has 29 heavy (non-hydrogen) atoms. The van der Waals surface area contributed by atoms with Gasteiger partial charge in [0.25, 0.3) is 0 Å². The van der Waals surface area contributed by atoms with Crippen LogP contribution in [0.2, 0.25) is 0 Å². The Morgan fingerprint density at radius 1 is 0.931 bits per heavy atom. The maximum atomic E-state index is 12.6. The van der Waals surface area contributed by atoms with E-state index in [1.165, 1.54) is 28.6 Å². The maximum Gasteiger partial charge on any atom is 0.344 e. The first kappa shape index (κ1) is 21.0. The Kier molecular flexibility index (Phi) is 6.97. The molecule has 0 amide bonds. The number of esters is 1. The van der Waals surface area contributed by atoms with Crippen LogP contribution in [-0.2, 0) is 24.3 Å². The first-order chi connectivity index (χ1) is 14.0. The van der Waals surface area contributed by atoms with E-state index < -0.39 is 28.4 Å². The van der Waals surface area contributed by atoms with E-state index in [0.29, 0.717) is 32.1 Å². The molecule has 1 aliphatic heterocycles. The molecule has 0 spiro atoms. The first-order valence-corrected chi connectivity index (χ1v) is 10.5. The number of morpholine rings is 1. The van der Waals surface area contributed by atoms with Gasteiger partial charge in [-0.25, -0.2) is 13.2 Å². The van der Waals surface area contributed by atoms with E-state index >= 15 is 0 Å². The number of ether oxygens (including phenoxy) is 3. The number of sulfonamides is 1. The summed E-state index contributed by atoms with van der Waals surface area (Å²) in [6.07, 6.45) is 0. The van der Waals surface area contributed by atoms with Gasteiger partial charge < -0.3 is 14.2 Å². The molecule has 3 rings (SSSR count). The third kappa shape index (κ3) is 5.63. The van der Waals surface area contributed by atoms with Crippen LogP contribution in [0.3, 0.4) is 0 Å². The molecule has 1 heterocycles. The number of ketones is 1. The van der Waals surface area contributed by atoms with E-state index in [1.54, 1.807) is 24.3 Å². The van der Waals surface area contributed by atoms with Crippen LogP contribution in [0.15, 0.2) is 59.5 Å². The number of hydrogen-bond donors (Lipinski definition) is 0. The molecule has 0 radical (unpaired) electrons. The topological polar surface area (TPSA) is 99.2 Å². The maximum absolute atomic E-state index is 12.6. The number of para-hydroxylation sites is 1. The normalized spacial score (nSPS) is 14.9. The van der Waals surface area contributed by atoms with Crippen molar-refractivity contribution in [2.75, 3.05) is 39.5 Å². The van der Waals surface area contributed by atoms with Gasteiger partial charge in [-0.15, -0.1) is 0 Å². The van der Waals surface area contributed by atoms with E-state index in [2.05, 4.69) is 0 Å². The number of hydrogen-bond acceptors (Lipinski definition) is 7. The molecule has 8 nitrogen and oxygen atoms in total. The molecule has 0 bridgehead atoms. The molecule has 9 heteroatoms. The Hall–Kier alpha value is -2.75. The summed E-state index contributed by atoms with van der Waals surface area (Å²) < 4.78 is 41.8. The van der Waals surface area contributed by atoms with Crippen LogP contribution in [0, 0.1) is 0 Å². The molecule has 0 aromatic heterocycles. The molecule has 2 aromatic carbocycles. The van der Waals surface area contributed by atoms with Gasteiger partial charge in [0.05, 0.1) is 18.1 Å². The molecule has 1 aliphatic rings. The second kappa shape index (κ2) is 9.64. The van der Waals surface area contributed by atoms with E-state index in [9.17, 15) is 18.0 Å². The van der Waals surface area contributed by atoms with Crippen LogP contribution in [0.4, 0.5) is 0 Å². The van der Waals surface area contributed by atoms with Crippen molar-refractivity contribution in [3.8, 4) is 5.75 Å². The molecular formula is C20H21NO7S. The van der Waals surface area contributed by atoms with Crippen LogP contribution in [0.5, 0.6) is 5.75 Å². The predicted octanol–water partition coefficient (Wildman–Crippen LogP) is 1.51. The summed E-state index contributed by atoms with van der Waals surface area (Å²) in [5.41, 5.74) is 0.253. The number of carbonyl (C=O) groups is 2. The molecule has 0 atom stereocenters. The lowest BCUT2D eigenvalue weighted by atomic mass is 10.1. The fourth-order valence-corrected chi connectivity index (χ4v) is 4.09. The first-order valence-electron chi connectivity index (χ1n) is 9.01. The Bertz CT molecular complexity index is 937. The van der Waals surface area contributed by atoms with Crippen LogP contribution in [-0.4, -0.2) is 64.0 Å². The van der Waals surface area contributed by atoms with Gasteiger partial charge in [-0.2, -0.15) is 4.31 Å². The minimum absolute atomic E-state index is 0.101. The highest BCUT2D eigenvalue weighted by atomic mass is 32.2. The number of Topliss-reactive ketones (excluding diaryl/α,β-unsaturated/α-hetero) is 1. The zero-order chi connectivity index (χ0) is 20.7. The number of nitrogens with zero attached hydrogens (tertiary/aromatic N) is 1. The van der Waals surface area contributed by atoms with Crippen molar-refractivity contribution >= 4 is 21.8 Å². The summed E-state index contributed by atoms with van der Waals surface area (Å²) >= 11 is 0. The molecule has 0 saturated carbocycles. The van der Waals surface area contributed by atoms with Gasteiger partial charge in [0.2, 0.25) is 10.0 Å². The second-order valence-electron chi connectivity index (χ2n) is 6.23. The summed E-state index contributed by atoms with van der Waals surface area (Å²) in [6.45, 7) is 0.541. The molecule has 154 valence electrons. The minimum atomic E-state index is -3.62. The Balaban J connectivity index is 1.51. The fraction of sp³-hybridized carbons (Fsp3) is 0.300. The molecule has 1 fully saturated rings. The Morgan fingerprint density at radius 2 is 1.59 bits per heavy atom. The van der Waals surface area contributed by atoms with Gasteiger partial charge in [-0.3, -0.25) is 4.79 Å². The van der Waals surface area contributed by atoms with Gasteiger partial charge in [-0.05, 0) is 36.4 Å². The van der Waals surface area contributed by atoms with Gasteiger partial charge in [0.1, 0.15) is 5.75 Å². The van der Waals surface area contributed by atoms with Crippen LogP contribution >= 0.6 is 0 Å². The van der Waals surface area contributed by atoms with Gasteiger partial charge in [0, 0.05) is 18.7 Å². The Morgan fingerprint density at radius 3 is 2.24 bits per heavy atom. The lowest BCUT2D eigenvalue weighted by Gasteiger charge is -2.26. The highest BCUT2D eigenvalue weighted by molar-refractivity contribution is 7.89. The van der Waals surface area contributed by atoms with E-state index in [-0.39, 0.29) is 17.1 Å². The standard InChI is InChI=1S/C20H21NO7S/c22-19(14-28-20(23)15-27-17-4-2-1-3-5-17)16-6-8-18(9-7-16)29(24,25)21-10-12-26-13-11-21/h1-9H,10-15H2. The Labute approximate surface area is 169 Å². The van der Waals surface area contributed by atoms with Crippen molar-refractivity contribution in [2.24, 2.45) is 0 Å². The lowest BCUT2D eigenvalue weighted by Crippen LogP contribution is -2.40. The van der Waals surface area contributed by atoms with E-state index in [1.807, 2.05) is 6.07 Å². The third-order valence-electron chi connectivity index (χ3n) is 4.25. The average molecular weight is 419 g/mol. The summed E-state index contributed by atoms with van der Waals surface area (Å²) in [5, 5.41) is 0. The van der Waals surface area contributed by atoms with Crippen molar-refractivity contribution in [3.63, 3.8) is 0 Å². The zero-order valence-corrected chi connectivity index (χ0v) is 16.5. The molecule has 0 unspecified atom stereocenters. The van der Waals surface area contributed by atoms with Gasteiger partial charge in [0.15, 0.2) is 19.0 Å². The van der Waals surface area contributed by atoms with Crippen molar-refractivity contribution in [1.29, 1.82) is 0 Å². The highest BCUT2D eigenvalue weighted by Crippen LogP contribution is 2.18. The smallest absolute Gasteiger partial charge is 0.344 e. The van der Waals surface area contributed by atoms with Crippen molar-refractivity contribution < 1.29 is 32.2 Å². The second-order valence-corrected chi connectivity index (χ2v) is 8.16. The monoisotopic (exact) mass is 419 g/mol. The number of benzene rings is 2.